The lowest BCUT2D eigenvalue weighted by atomic mass is 10.2. The van der Waals surface area contributed by atoms with Crippen molar-refractivity contribution in [3.63, 3.8) is 0 Å². The van der Waals surface area contributed by atoms with Crippen LogP contribution < -0.4 is 15.9 Å². The van der Waals surface area contributed by atoms with E-state index in [4.69, 9.17) is 0 Å². The third-order valence-electron chi connectivity index (χ3n) is 3.41. The zero-order valence-electron chi connectivity index (χ0n) is 12.0. The van der Waals surface area contributed by atoms with Crippen molar-refractivity contribution in [1.82, 2.24) is 0 Å². The van der Waals surface area contributed by atoms with Gasteiger partial charge in [0.2, 0.25) is 0 Å². The highest BCUT2D eigenvalue weighted by Crippen LogP contribution is 2.34. The van der Waals surface area contributed by atoms with Gasteiger partial charge in [0.15, 0.2) is 0 Å². The molecule has 22 heavy (non-hydrogen) atoms. The van der Waals surface area contributed by atoms with E-state index in [0.29, 0.717) is 0 Å². The topological polar surface area (TPSA) is 0 Å². The van der Waals surface area contributed by atoms with Gasteiger partial charge >= 0.3 is 0 Å². The van der Waals surface area contributed by atoms with Gasteiger partial charge in [-0.3, -0.25) is 0 Å². The number of halogens is 2. The molecule has 0 aromatic heterocycles. The first-order chi connectivity index (χ1) is 10.4. The Kier molecular flexibility index (Phi) is 7.32. The summed E-state index contributed by atoms with van der Waals surface area (Å²) in [5.74, 6) is 0. The van der Waals surface area contributed by atoms with Gasteiger partial charge in [-0.05, 0) is 29.4 Å². The van der Waals surface area contributed by atoms with Crippen molar-refractivity contribution in [2.45, 2.75) is 4.43 Å². The molecule has 0 radical (unpaired) electrons. The molecule has 112 valence electrons. The maximum Gasteiger partial charge on any atom is 0.0253 e. The molecule has 0 bridgehead atoms. The lowest BCUT2D eigenvalue weighted by molar-refractivity contribution is 1.50. The first-order valence-electron chi connectivity index (χ1n) is 6.94. The normalized spacial score (nSPS) is 10.3. The van der Waals surface area contributed by atoms with Crippen LogP contribution in [0.15, 0.2) is 84.9 Å². The largest absolute Gasteiger partial charge is 0.107 e. The van der Waals surface area contributed by atoms with E-state index in [9.17, 15) is 0 Å². The van der Waals surface area contributed by atoms with E-state index in [1.807, 2.05) is 0 Å². The van der Waals surface area contributed by atoms with Gasteiger partial charge in [-0.1, -0.05) is 108 Å². The van der Waals surface area contributed by atoms with Crippen LogP contribution in [0.1, 0.15) is 5.56 Å². The summed E-state index contributed by atoms with van der Waals surface area (Å²) in [7, 11) is -0.477. The third-order valence-corrected chi connectivity index (χ3v) is 6.77. The Labute approximate surface area is 164 Å². The minimum absolute atomic E-state index is 0. The quantitative estimate of drug-likeness (QED) is 0.253. The maximum atomic E-state index is 2.46. The van der Waals surface area contributed by atoms with Gasteiger partial charge in [-0.25, -0.2) is 0 Å². The Bertz CT molecular complexity index is 659. The summed E-state index contributed by atoms with van der Waals surface area (Å²) in [5.41, 5.74) is 1.44. The highest BCUT2D eigenvalue weighted by molar-refractivity contribution is 14.1. The molecule has 0 N–H and O–H groups in total. The first kappa shape index (κ1) is 17.9. The minimum Gasteiger partial charge on any atom is -0.107 e. The molecule has 0 aliphatic heterocycles. The van der Waals surface area contributed by atoms with Crippen LogP contribution in [0.3, 0.4) is 0 Å². The highest BCUT2D eigenvalue weighted by atomic mass is 127. The van der Waals surface area contributed by atoms with E-state index in [1.54, 1.807) is 0 Å². The van der Waals surface area contributed by atoms with E-state index in [1.165, 1.54) is 21.5 Å². The predicted octanol–water partition coefficient (Wildman–Crippen LogP) is 5.00. The van der Waals surface area contributed by atoms with Gasteiger partial charge in [0.25, 0.3) is 0 Å². The molecular formula is C19H17I2P. The molecule has 0 aliphatic carbocycles. The second-order valence-electron chi connectivity index (χ2n) is 4.77. The molecule has 3 aromatic carbocycles. The smallest absolute Gasteiger partial charge is 0.0253 e. The number of hydrogen-bond acceptors (Lipinski definition) is 0. The van der Waals surface area contributed by atoms with Gasteiger partial charge in [0.1, 0.15) is 0 Å². The average Bonchev–Trinajstić information content (AvgIpc) is 2.58. The van der Waals surface area contributed by atoms with Crippen molar-refractivity contribution in [3.05, 3.63) is 90.5 Å². The molecule has 3 heteroatoms. The van der Waals surface area contributed by atoms with Crippen molar-refractivity contribution >= 4 is 70.4 Å². The van der Waals surface area contributed by atoms with E-state index in [2.05, 4.69) is 108 Å². The lowest BCUT2D eigenvalue weighted by Gasteiger charge is -2.21. The first-order valence-corrected chi connectivity index (χ1v) is 9.81. The zero-order valence-corrected chi connectivity index (χ0v) is 17.4. The molecule has 0 saturated heterocycles. The lowest BCUT2D eigenvalue weighted by Crippen LogP contribution is -2.22. The number of alkyl halides is 1. The molecule has 0 heterocycles. The van der Waals surface area contributed by atoms with Crippen LogP contribution in [0.5, 0.6) is 0 Å². The van der Waals surface area contributed by atoms with Crippen LogP contribution in [-0.2, 0) is 4.43 Å². The van der Waals surface area contributed by atoms with Gasteiger partial charge in [0.05, 0.1) is 0 Å². The molecule has 3 rings (SSSR count). The number of rotatable bonds is 4. The van der Waals surface area contributed by atoms with Crippen LogP contribution in [0.4, 0.5) is 0 Å². The molecule has 0 spiro atoms. The molecule has 0 aliphatic rings. The summed E-state index contributed by atoms with van der Waals surface area (Å²) < 4.78 is 1.05. The van der Waals surface area contributed by atoms with Gasteiger partial charge in [0, 0.05) is 4.43 Å². The standard InChI is InChI=1S/C19H16IP.HI/c20-15-16-9-7-8-14-19(16)21(17-10-3-1-4-11-17)18-12-5-2-6-13-18;/h1-14H,15H2;1H. The van der Waals surface area contributed by atoms with Crippen molar-refractivity contribution in [3.8, 4) is 0 Å². The fourth-order valence-corrected chi connectivity index (χ4v) is 5.86. The fourth-order valence-electron chi connectivity index (χ4n) is 2.42. The molecule has 0 amide bonds. The molecule has 0 unspecified atom stereocenters. The summed E-state index contributed by atoms with van der Waals surface area (Å²) in [6, 6.07) is 30.6. The molecule has 0 fully saturated rings. The summed E-state index contributed by atoms with van der Waals surface area (Å²) >= 11 is 2.46. The van der Waals surface area contributed by atoms with Gasteiger partial charge < -0.3 is 0 Å². The maximum absolute atomic E-state index is 2.46. The SMILES string of the molecule is I.ICc1ccccc1P(c1ccccc1)c1ccccc1. The van der Waals surface area contributed by atoms with E-state index in [0.717, 1.165) is 4.43 Å². The van der Waals surface area contributed by atoms with Crippen molar-refractivity contribution in [2.24, 2.45) is 0 Å². The fraction of sp³-hybridized carbons (Fsp3) is 0.0526. The Hall–Kier alpha value is -0.450. The van der Waals surface area contributed by atoms with E-state index < -0.39 is 7.92 Å². The van der Waals surface area contributed by atoms with Crippen LogP contribution in [-0.4, -0.2) is 0 Å². The molecule has 0 nitrogen and oxygen atoms in total. The van der Waals surface area contributed by atoms with Crippen LogP contribution in [0, 0.1) is 0 Å². The Morgan fingerprint density at radius 1 is 0.636 bits per heavy atom. The Morgan fingerprint density at radius 2 is 1.09 bits per heavy atom. The summed E-state index contributed by atoms with van der Waals surface area (Å²) in [6.07, 6.45) is 0. The monoisotopic (exact) mass is 530 g/mol. The average molecular weight is 530 g/mol. The second kappa shape index (κ2) is 8.99. The summed E-state index contributed by atoms with van der Waals surface area (Å²) in [4.78, 5) is 0. The summed E-state index contributed by atoms with van der Waals surface area (Å²) in [5, 5.41) is 4.30. The zero-order chi connectivity index (χ0) is 14.5. The van der Waals surface area contributed by atoms with Crippen LogP contribution in [0.2, 0.25) is 0 Å². The van der Waals surface area contributed by atoms with Gasteiger partial charge in [-0.2, -0.15) is 0 Å². The second-order valence-corrected chi connectivity index (χ2v) is 7.72. The molecular weight excluding hydrogens is 513 g/mol. The van der Waals surface area contributed by atoms with Crippen molar-refractivity contribution in [2.75, 3.05) is 0 Å². The number of hydrogen-bond donors (Lipinski definition) is 0. The minimum atomic E-state index is -0.477. The van der Waals surface area contributed by atoms with Crippen LogP contribution in [0.25, 0.3) is 0 Å². The number of benzene rings is 3. The molecule has 3 aromatic rings. The van der Waals surface area contributed by atoms with E-state index >= 15 is 0 Å². The van der Waals surface area contributed by atoms with Gasteiger partial charge in [-0.15, -0.1) is 24.0 Å². The Balaban J connectivity index is 0.00000176. The molecule has 0 atom stereocenters. The molecule has 0 saturated carbocycles. The van der Waals surface area contributed by atoms with Crippen LogP contribution >= 0.6 is 54.5 Å². The predicted molar refractivity (Wildman–Crippen MR) is 118 cm³/mol. The van der Waals surface area contributed by atoms with Crippen molar-refractivity contribution in [1.29, 1.82) is 0 Å². The highest BCUT2D eigenvalue weighted by Gasteiger charge is 2.18. The van der Waals surface area contributed by atoms with E-state index in [-0.39, 0.29) is 24.0 Å². The summed E-state index contributed by atoms with van der Waals surface area (Å²) in [6.45, 7) is 0. The Morgan fingerprint density at radius 3 is 1.59 bits per heavy atom. The third kappa shape index (κ3) is 4.09. The van der Waals surface area contributed by atoms with Crippen molar-refractivity contribution < 1.29 is 0 Å².